The summed E-state index contributed by atoms with van der Waals surface area (Å²) in [5, 5.41) is 11.7. The first kappa shape index (κ1) is 17.7. The third-order valence-corrected chi connectivity index (χ3v) is 7.09. The molecule has 0 aliphatic carbocycles. The van der Waals surface area contributed by atoms with E-state index >= 15 is 0 Å². The Morgan fingerprint density at radius 3 is 2.29 bits per heavy atom. The smallest absolute Gasteiger partial charge is 0.348 e. The van der Waals surface area contributed by atoms with Crippen molar-refractivity contribution in [1.29, 1.82) is 0 Å². The third-order valence-electron chi connectivity index (χ3n) is 7.09. The van der Waals surface area contributed by atoms with Crippen LogP contribution in [0.15, 0.2) is 48.5 Å². The molecule has 3 heterocycles. The molecule has 0 saturated carbocycles. The van der Waals surface area contributed by atoms with Gasteiger partial charge in [-0.1, -0.05) is 36.4 Å². The highest BCUT2D eigenvalue weighted by Crippen LogP contribution is 2.48. The number of ether oxygens (including phenoxy) is 2. The van der Waals surface area contributed by atoms with E-state index in [1.54, 1.807) is 36.4 Å². The highest BCUT2D eigenvalue weighted by molar-refractivity contribution is 5.88. The number of nitrogens with zero attached hydrogens (tertiary/aromatic N) is 1. The van der Waals surface area contributed by atoms with E-state index in [0.29, 0.717) is 28.7 Å². The minimum atomic E-state index is -1.86. The molecule has 146 valence electrons. The molecule has 0 radical (unpaired) electrons. The van der Waals surface area contributed by atoms with Crippen molar-refractivity contribution >= 4 is 5.97 Å². The molecule has 5 rings (SSSR count). The van der Waals surface area contributed by atoms with Crippen LogP contribution < -0.4 is 4.74 Å². The van der Waals surface area contributed by atoms with Crippen molar-refractivity contribution in [3.8, 4) is 11.5 Å². The fourth-order valence-corrected chi connectivity index (χ4v) is 5.47. The van der Waals surface area contributed by atoms with Crippen LogP contribution >= 0.6 is 0 Å². The number of quaternary nitrogens is 1. The van der Waals surface area contributed by atoms with Crippen molar-refractivity contribution < 1.29 is 23.9 Å². The Bertz CT molecular complexity index is 892. The molecule has 0 spiro atoms. The molecule has 5 heteroatoms. The third kappa shape index (κ3) is 2.36. The number of carbonyl (C=O) groups excluding carboxylic acids is 1. The van der Waals surface area contributed by atoms with Crippen LogP contribution in [0.2, 0.25) is 0 Å². The van der Waals surface area contributed by atoms with Gasteiger partial charge >= 0.3 is 5.97 Å². The van der Waals surface area contributed by atoms with Gasteiger partial charge in [0.05, 0.1) is 20.1 Å². The molecule has 28 heavy (non-hydrogen) atoms. The molecular weight excluding hydrogens is 354 g/mol. The van der Waals surface area contributed by atoms with Gasteiger partial charge in [-0.2, -0.15) is 0 Å². The molecule has 5 nitrogen and oxygen atoms in total. The van der Waals surface area contributed by atoms with Crippen LogP contribution in [0.25, 0.3) is 0 Å². The minimum absolute atomic E-state index is 0.166. The van der Waals surface area contributed by atoms with E-state index in [9.17, 15) is 9.90 Å². The fraction of sp³-hybridized carbons (Fsp3) is 0.435. The average Bonchev–Trinajstić information content (AvgIpc) is 2.83. The predicted octanol–water partition coefficient (Wildman–Crippen LogP) is 3.34. The molecule has 0 aromatic heterocycles. The Balaban J connectivity index is 1.53. The summed E-state index contributed by atoms with van der Waals surface area (Å²) in [6, 6.07) is 15.1. The van der Waals surface area contributed by atoms with E-state index < -0.39 is 11.6 Å². The maximum absolute atomic E-state index is 13.5. The molecule has 2 aromatic carbocycles. The number of aliphatic hydroxyl groups is 1. The lowest BCUT2D eigenvalue weighted by atomic mass is 9.83. The van der Waals surface area contributed by atoms with Crippen molar-refractivity contribution in [1.82, 2.24) is 0 Å². The zero-order valence-corrected chi connectivity index (χ0v) is 16.3. The van der Waals surface area contributed by atoms with E-state index in [1.807, 2.05) is 12.1 Å². The first-order valence-electron chi connectivity index (χ1n) is 10.1. The predicted molar refractivity (Wildman–Crippen MR) is 104 cm³/mol. The Kier molecular flexibility index (Phi) is 3.83. The van der Waals surface area contributed by atoms with Crippen molar-refractivity contribution in [2.24, 2.45) is 0 Å². The summed E-state index contributed by atoms with van der Waals surface area (Å²) in [6.07, 6.45) is 4.09. The molecule has 3 unspecified atom stereocenters. The van der Waals surface area contributed by atoms with Crippen LogP contribution in [0.4, 0.5) is 0 Å². The summed E-state index contributed by atoms with van der Waals surface area (Å²) in [7, 11) is 4.46. The van der Waals surface area contributed by atoms with Crippen molar-refractivity contribution in [3.05, 3.63) is 59.7 Å². The van der Waals surface area contributed by atoms with Crippen LogP contribution in [0.1, 0.15) is 36.8 Å². The van der Waals surface area contributed by atoms with Crippen LogP contribution in [0.3, 0.4) is 0 Å². The van der Waals surface area contributed by atoms with E-state index in [0.717, 1.165) is 17.3 Å². The first-order chi connectivity index (χ1) is 13.4. The maximum Gasteiger partial charge on any atom is 0.348 e. The number of para-hydroxylation sites is 2. The summed E-state index contributed by atoms with van der Waals surface area (Å²) in [5.74, 6) is 0.372. The standard InChI is InChI=1S/C23H26NO4/c1-24(2)15-8-7-11-18(24)21(14-15)28-22(25)23(26)16-9-3-5-12-19(16)27-20-13-6-4-10-17(20)23/h3-6,9-10,12-13,15,18,21,26H,7-8,11,14H2,1-2H3/q+1. The van der Waals surface area contributed by atoms with Gasteiger partial charge in [-0.3, -0.25) is 0 Å². The van der Waals surface area contributed by atoms with Gasteiger partial charge in [0, 0.05) is 24.0 Å². The van der Waals surface area contributed by atoms with Gasteiger partial charge in [0.25, 0.3) is 0 Å². The van der Waals surface area contributed by atoms with Crippen LogP contribution in [0.5, 0.6) is 11.5 Å². The largest absolute Gasteiger partial charge is 0.457 e. The lowest BCUT2D eigenvalue weighted by Crippen LogP contribution is -2.55. The van der Waals surface area contributed by atoms with Crippen molar-refractivity contribution in [3.63, 3.8) is 0 Å². The Morgan fingerprint density at radius 2 is 1.68 bits per heavy atom. The Morgan fingerprint density at radius 1 is 1.07 bits per heavy atom. The van der Waals surface area contributed by atoms with E-state index in [-0.39, 0.29) is 12.1 Å². The van der Waals surface area contributed by atoms with Gasteiger partial charge in [-0.15, -0.1) is 0 Å². The molecule has 2 saturated heterocycles. The monoisotopic (exact) mass is 380 g/mol. The minimum Gasteiger partial charge on any atom is -0.457 e. The van der Waals surface area contributed by atoms with Crippen molar-refractivity contribution in [2.45, 2.75) is 49.5 Å². The zero-order valence-electron chi connectivity index (χ0n) is 16.3. The van der Waals surface area contributed by atoms with Crippen LogP contribution in [-0.4, -0.2) is 47.8 Å². The van der Waals surface area contributed by atoms with Gasteiger partial charge in [-0.25, -0.2) is 4.79 Å². The summed E-state index contributed by atoms with van der Waals surface area (Å²) < 4.78 is 12.9. The first-order valence-corrected chi connectivity index (χ1v) is 10.1. The number of hydrogen-bond acceptors (Lipinski definition) is 4. The highest BCUT2D eigenvalue weighted by atomic mass is 16.6. The summed E-state index contributed by atoms with van der Waals surface area (Å²) in [4.78, 5) is 13.5. The molecule has 2 aromatic rings. The van der Waals surface area contributed by atoms with Gasteiger partial charge < -0.3 is 19.1 Å². The maximum atomic E-state index is 13.5. The second kappa shape index (κ2) is 6.06. The average molecular weight is 380 g/mol. The number of benzene rings is 2. The quantitative estimate of drug-likeness (QED) is 0.641. The number of rotatable bonds is 2. The molecule has 3 atom stereocenters. The van der Waals surface area contributed by atoms with E-state index in [4.69, 9.17) is 9.47 Å². The molecule has 0 amide bonds. The Hall–Kier alpha value is -2.37. The SMILES string of the molecule is C[N+]1(C)C2CCCC1C(OC(=O)C1(O)c3ccccc3Oc3ccccc31)C2. The molecule has 3 aliphatic heterocycles. The molecule has 1 N–H and O–H groups in total. The van der Waals surface area contributed by atoms with E-state index in [1.165, 1.54) is 12.8 Å². The normalized spacial score (nSPS) is 28.6. The highest BCUT2D eigenvalue weighted by Gasteiger charge is 2.56. The van der Waals surface area contributed by atoms with Crippen LogP contribution in [0, 0.1) is 0 Å². The van der Waals surface area contributed by atoms with Gasteiger partial charge in [-0.05, 0) is 25.0 Å². The summed E-state index contributed by atoms with van der Waals surface area (Å²) in [5.41, 5.74) is -0.985. The van der Waals surface area contributed by atoms with Gasteiger partial charge in [0.1, 0.15) is 17.5 Å². The lowest BCUT2D eigenvalue weighted by molar-refractivity contribution is -0.931. The number of esters is 1. The number of carbonyl (C=O) groups is 1. The topological polar surface area (TPSA) is 55.8 Å². The second-order valence-electron chi connectivity index (χ2n) is 8.77. The zero-order chi connectivity index (χ0) is 19.5. The molecule has 2 bridgehead atoms. The number of hydrogen-bond donors (Lipinski definition) is 1. The number of fused-ring (bicyclic) bond motifs is 4. The number of piperidine rings is 1. The van der Waals surface area contributed by atoms with Gasteiger partial charge in [0.2, 0.25) is 5.60 Å². The fourth-order valence-electron chi connectivity index (χ4n) is 5.47. The van der Waals surface area contributed by atoms with Gasteiger partial charge in [0.15, 0.2) is 6.10 Å². The number of likely N-dealkylation sites (N-methyl/N-ethyl adjacent to an activating group) is 1. The summed E-state index contributed by atoms with van der Waals surface area (Å²) >= 11 is 0. The van der Waals surface area contributed by atoms with E-state index in [2.05, 4.69) is 14.1 Å². The lowest BCUT2D eigenvalue weighted by Gasteiger charge is -2.41. The second-order valence-corrected chi connectivity index (χ2v) is 8.77. The molecule has 2 fully saturated rings. The van der Waals surface area contributed by atoms with Crippen molar-refractivity contribution in [2.75, 3.05) is 14.1 Å². The molecular formula is C23H26NO4+. The Labute approximate surface area is 165 Å². The summed E-state index contributed by atoms with van der Waals surface area (Å²) in [6.45, 7) is 0. The van der Waals surface area contributed by atoms with Crippen LogP contribution in [-0.2, 0) is 15.1 Å². The molecule has 3 aliphatic rings.